The molecule has 18 heavy (non-hydrogen) atoms. The molecular weight excluding hydrogens is 318 g/mol. The summed E-state index contributed by atoms with van der Waals surface area (Å²) in [6.07, 6.45) is 0.931. The Morgan fingerprint density at radius 1 is 1.61 bits per heavy atom. The van der Waals surface area contributed by atoms with Gasteiger partial charge in [-0.1, -0.05) is 0 Å². The van der Waals surface area contributed by atoms with Gasteiger partial charge in [-0.15, -0.1) is 11.3 Å². The van der Waals surface area contributed by atoms with E-state index >= 15 is 0 Å². The van der Waals surface area contributed by atoms with E-state index in [1.807, 2.05) is 13.0 Å². The van der Waals surface area contributed by atoms with Gasteiger partial charge < -0.3 is 10.0 Å². The van der Waals surface area contributed by atoms with E-state index in [9.17, 15) is 9.59 Å². The van der Waals surface area contributed by atoms with Crippen LogP contribution in [0.25, 0.3) is 0 Å². The van der Waals surface area contributed by atoms with Gasteiger partial charge in [0, 0.05) is 19.5 Å². The molecule has 1 aliphatic rings. The van der Waals surface area contributed by atoms with Crippen LogP contribution in [-0.2, 0) is 4.79 Å². The highest BCUT2D eigenvalue weighted by Crippen LogP contribution is 2.30. The van der Waals surface area contributed by atoms with Crippen LogP contribution in [-0.4, -0.2) is 35.0 Å². The number of nitrogens with zero attached hydrogens (tertiary/aromatic N) is 1. The summed E-state index contributed by atoms with van der Waals surface area (Å²) in [5.41, 5.74) is 1.06. The predicted octanol–water partition coefficient (Wildman–Crippen LogP) is 2.76. The highest BCUT2D eigenvalue weighted by Gasteiger charge is 2.29. The van der Waals surface area contributed by atoms with E-state index in [-0.39, 0.29) is 18.2 Å². The molecule has 0 radical (unpaired) electrons. The number of thiophene rings is 1. The van der Waals surface area contributed by atoms with Gasteiger partial charge in [0.25, 0.3) is 5.91 Å². The molecule has 1 unspecified atom stereocenters. The number of carbonyl (C=O) groups excluding carboxylic acids is 1. The average Bonchev–Trinajstić information content (AvgIpc) is 2.85. The number of halogens is 1. The lowest BCUT2D eigenvalue weighted by atomic mass is 10.1. The van der Waals surface area contributed by atoms with Crippen molar-refractivity contribution in [2.75, 3.05) is 13.1 Å². The van der Waals surface area contributed by atoms with Crippen LogP contribution in [0, 0.1) is 12.8 Å². The quantitative estimate of drug-likeness (QED) is 0.926. The molecule has 1 atom stereocenters. The second-order valence-electron chi connectivity index (χ2n) is 4.57. The van der Waals surface area contributed by atoms with Gasteiger partial charge in [-0.2, -0.15) is 0 Å². The Morgan fingerprint density at radius 3 is 2.89 bits per heavy atom. The monoisotopic (exact) mass is 331 g/mol. The summed E-state index contributed by atoms with van der Waals surface area (Å²) in [5, 5.41) is 8.75. The Labute approximate surface area is 118 Å². The molecule has 98 valence electrons. The first-order valence-electron chi connectivity index (χ1n) is 5.74. The number of aryl methyl sites for hydroxylation is 1. The first kappa shape index (κ1) is 13.5. The molecule has 1 aromatic heterocycles. The third kappa shape index (κ3) is 2.92. The van der Waals surface area contributed by atoms with Crippen LogP contribution in [0.4, 0.5) is 0 Å². The van der Waals surface area contributed by atoms with Gasteiger partial charge in [0.15, 0.2) is 0 Å². The van der Waals surface area contributed by atoms with Crippen molar-refractivity contribution in [1.29, 1.82) is 0 Å². The van der Waals surface area contributed by atoms with Crippen molar-refractivity contribution >= 4 is 39.1 Å². The number of hydrogen-bond donors (Lipinski definition) is 1. The summed E-state index contributed by atoms with van der Waals surface area (Å²) in [6.45, 7) is 3.17. The molecule has 2 heterocycles. The molecule has 2 rings (SSSR count). The van der Waals surface area contributed by atoms with Gasteiger partial charge in [-0.3, -0.25) is 9.59 Å². The van der Waals surface area contributed by atoms with Gasteiger partial charge in [-0.25, -0.2) is 0 Å². The Morgan fingerprint density at radius 2 is 2.33 bits per heavy atom. The normalized spacial score (nSPS) is 19.2. The van der Waals surface area contributed by atoms with E-state index in [1.165, 1.54) is 11.3 Å². The Hall–Kier alpha value is -0.880. The maximum absolute atomic E-state index is 12.2. The van der Waals surface area contributed by atoms with Crippen LogP contribution < -0.4 is 0 Å². The lowest BCUT2D eigenvalue weighted by molar-refractivity contribution is -0.138. The number of carboxylic acid groups (broad SMARTS) is 1. The predicted molar refractivity (Wildman–Crippen MR) is 73.0 cm³/mol. The Balaban J connectivity index is 2.01. The zero-order valence-corrected chi connectivity index (χ0v) is 12.4. The second kappa shape index (κ2) is 5.40. The molecule has 0 bridgehead atoms. The van der Waals surface area contributed by atoms with Crippen molar-refractivity contribution in [3.63, 3.8) is 0 Å². The van der Waals surface area contributed by atoms with E-state index in [0.717, 1.165) is 20.6 Å². The third-order valence-electron chi connectivity index (χ3n) is 3.10. The molecule has 1 fully saturated rings. The highest BCUT2D eigenvalue weighted by molar-refractivity contribution is 9.11. The van der Waals surface area contributed by atoms with Crippen molar-refractivity contribution in [2.45, 2.75) is 19.8 Å². The number of hydrogen-bond acceptors (Lipinski definition) is 3. The summed E-state index contributed by atoms with van der Waals surface area (Å²) in [7, 11) is 0. The molecule has 0 saturated carbocycles. The molecule has 0 spiro atoms. The average molecular weight is 332 g/mol. The van der Waals surface area contributed by atoms with E-state index < -0.39 is 5.97 Å². The molecule has 1 saturated heterocycles. The van der Waals surface area contributed by atoms with Crippen molar-refractivity contribution in [2.24, 2.45) is 5.92 Å². The molecular formula is C12H14BrNO3S. The Kier molecular flexibility index (Phi) is 4.07. The molecule has 1 N–H and O–H groups in total. The van der Waals surface area contributed by atoms with E-state index in [1.54, 1.807) is 4.90 Å². The summed E-state index contributed by atoms with van der Waals surface area (Å²) < 4.78 is 0.979. The molecule has 6 heteroatoms. The summed E-state index contributed by atoms with van der Waals surface area (Å²) in [4.78, 5) is 25.3. The first-order valence-corrected chi connectivity index (χ1v) is 7.35. The zero-order valence-electron chi connectivity index (χ0n) is 9.98. The van der Waals surface area contributed by atoms with Gasteiger partial charge >= 0.3 is 5.97 Å². The molecule has 4 nitrogen and oxygen atoms in total. The van der Waals surface area contributed by atoms with Crippen molar-refractivity contribution in [3.8, 4) is 0 Å². The fraction of sp³-hybridized carbons (Fsp3) is 0.500. The largest absolute Gasteiger partial charge is 0.481 e. The number of carboxylic acids is 1. The smallest absolute Gasteiger partial charge is 0.303 e. The molecule has 1 aliphatic heterocycles. The number of aliphatic carboxylic acids is 1. The second-order valence-corrected chi connectivity index (χ2v) is 6.94. The molecule has 0 aromatic carbocycles. The molecule has 0 aliphatic carbocycles. The summed E-state index contributed by atoms with van der Waals surface area (Å²) in [5.74, 6) is -0.679. The van der Waals surface area contributed by atoms with Crippen LogP contribution in [0.3, 0.4) is 0 Å². The fourth-order valence-corrected chi connectivity index (χ4v) is 3.65. The minimum absolute atomic E-state index is 0.0155. The van der Waals surface area contributed by atoms with Crippen LogP contribution >= 0.6 is 27.3 Å². The number of amides is 1. The van der Waals surface area contributed by atoms with Gasteiger partial charge in [0.1, 0.15) is 0 Å². The van der Waals surface area contributed by atoms with E-state index in [4.69, 9.17) is 5.11 Å². The lowest BCUT2D eigenvalue weighted by Gasteiger charge is -2.14. The minimum Gasteiger partial charge on any atom is -0.481 e. The van der Waals surface area contributed by atoms with Crippen molar-refractivity contribution in [3.05, 3.63) is 20.3 Å². The van der Waals surface area contributed by atoms with Crippen molar-refractivity contribution < 1.29 is 14.7 Å². The van der Waals surface area contributed by atoms with Crippen LogP contribution in [0.15, 0.2) is 9.85 Å². The summed E-state index contributed by atoms with van der Waals surface area (Å²) in [6, 6.07) is 1.88. The number of likely N-dealkylation sites (tertiary alicyclic amines) is 1. The standard InChI is InChI=1S/C12H14BrNO3S/c1-7-4-9(18-11(7)13)12(17)14-3-2-8(6-14)5-10(15)16/h4,8H,2-3,5-6H2,1H3,(H,15,16). The van der Waals surface area contributed by atoms with Gasteiger partial charge in [-0.05, 0) is 46.8 Å². The molecule has 1 aromatic rings. The zero-order chi connectivity index (χ0) is 13.3. The maximum atomic E-state index is 12.2. The fourth-order valence-electron chi connectivity index (χ4n) is 2.15. The van der Waals surface area contributed by atoms with Crippen LogP contribution in [0.5, 0.6) is 0 Å². The van der Waals surface area contributed by atoms with E-state index in [0.29, 0.717) is 13.1 Å². The van der Waals surface area contributed by atoms with Gasteiger partial charge in [0.2, 0.25) is 0 Å². The van der Waals surface area contributed by atoms with Crippen molar-refractivity contribution in [1.82, 2.24) is 4.90 Å². The Bertz CT molecular complexity index is 466. The maximum Gasteiger partial charge on any atom is 0.303 e. The highest BCUT2D eigenvalue weighted by atomic mass is 79.9. The van der Waals surface area contributed by atoms with E-state index in [2.05, 4.69) is 15.9 Å². The summed E-state index contributed by atoms with van der Waals surface area (Å²) >= 11 is 4.84. The third-order valence-corrected chi connectivity index (χ3v) is 5.23. The molecule has 1 amide bonds. The topological polar surface area (TPSA) is 57.6 Å². The van der Waals surface area contributed by atoms with Gasteiger partial charge in [0.05, 0.1) is 8.66 Å². The minimum atomic E-state index is -0.788. The van der Waals surface area contributed by atoms with Crippen LogP contribution in [0.2, 0.25) is 0 Å². The lowest BCUT2D eigenvalue weighted by Crippen LogP contribution is -2.28. The SMILES string of the molecule is Cc1cc(C(=O)N2CCC(CC(=O)O)C2)sc1Br. The number of rotatable bonds is 3. The number of carbonyl (C=O) groups is 2. The first-order chi connectivity index (χ1) is 8.47. The van der Waals surface area contributed by atoms with Crippen LogP contribution in [0.1, 0.15) is 28.1 Å².